The van der Waals surface area contributed by atoms with E-state index < -0.39 is 5.97 Å². The van der Waals surface area contributed by atoms with Crippen molar-refractivity contribution < 1.29 is 14.3 Å². The van der Waals surface area contributed by atoms with Gasteiger partial charge in [0.25, 0.3) is 5.91 Å². The molecule has 0 N–H and O–H groups in total. The van der Waals surface area contributed by atoms with Gasteiger partial charge in [-0.25, -0.2) is 0 Å². The zero-order valence-corrected chi connectivity index (χ0v) is 16.1. The molecule has 0 aliphatic heterocycles. The summed E-state index contributed by atoms with van der Waals surface area (Å²) >= 11 is 0. The molecule has 1 amide bonds. The maximum Gasteiger partial charge on any atom is 0.303 e. The Hall–Kier alpha value is -3.14. The maximum absolute atomic E-state index is 12.7. The van der Waals surface area contributed by atoms with Crippen molar-refractivity contribution in [3.63, 3.8) is 0 Å². The van der Waals surface area contributed by atoms with Crippen molar-refractivity contribution >= 4 is 17.7 Å². The van der Waals surface area contributed by atoms with E-state index >= 15 is 0 Å². The summed E-state index contributed by atoms with van der Waals surface area (Å²) in [5.74, 6) is 0.183. The first-order chi connectivity index (χ1) is 12.8. The van der Waals surface area contributed by atoms with Crippen LogP contribution in [-0.2, 0) is 34.3 Å². The van der Waals surface area contributed by atoms with Crippen molar-refractivity contribution in [2.24, 2.45) is 13.0 Å². The predicted octanol–water partition coefficient (Wildman–Crippen LogP) is 2.59. The third-order valence-corrected chi connectivity index (χ3v) is 3.90. The van der Waals surface area contributed by atoms with Gasteiger partial charge in [-0.2, -0.15) is 10.4 Å². The number of carbonyl (C=O) groups excluding carboxylic acids is 2. The van der Waals surface area contributed by atoms with Gasteiger partial charge < -0.3 is 4.74 Å². The van der Waals surface area contributed by atoms with Crippen molar-refractivity contribution in [1.82, 2.24) is 9.78 Å². The van der Waals surface area contributed by atoms with Gasteiger partial charge in [0.05, 0.1) is 23.9 Å². The first-order valence-electron chi connectivity index (χ1n) is 8.75. The van der Waals surface area contributed by atoms with Crippen LogP contribution in [0.1, 0.15) is 37.6 Å². The van der Waals surface area contributed by atoms with E-state index in [2.05, 4.69) is 25.0 Å². The zero-order valence-electron chi connectivity index (χ0n) is 16.1. The van der Waals surface area contributed by atoms with Gasteiger partial charge in [-0.05, 0) is 30.0 Å². The van der Waals surface area contributed by atoms with Crippen molar-refractivity contribution in [2.75, 3.05) is 11.5 Å². The molecule has 0 atom stereocenters. The van der Waals surface area contributed by atoms with Gasteiger partial charge in [0.1, 0.15) is 5.82 Å². The number of rotatable bonds is 7. The summed E-state index contributed by atoms with van der Waals surface area (Å²) in [4.78, 5) is 25.4. The predicted molar refractivity (Wildman–Crippen MR) is 101 cm³/mol. The monoisotopic (exact) mass is 368 g/mol. The number of esters is 1. The number of nitriles is 1. The van der Waals surface area contributed by atoms with Crippen molar-refractivity contribution in [3.05, 3.63) is 47.2 Å². The molecular formula is C20H24N4O3. The lowest BCUT2D eigenvalue weighted by molar-refractivity contribution is -0.145. The number of aromatic nitrogens is 2. The molecule has 7 nitrogen and oxygen atoms in total. The summed E-state index contributed by atoms with van der Waals surface area (Å²) in [7, 11) is 1.77. The molecule has 0 bridgehead atoms. The molecule has 1 aromatic carbocycles. The van der Waals surface area contributed by atoms with E-state index in [0.717, 1.165) is 17.7 Å². The molecule has 0 fully saturated rings. The lowest BCUT2D eigenvalue weighted by Gasteiger charge is -2.22. The van der Waals surface area contributed by atoms with Crippen molar-refractivity contribution in [1.29, 1.82) is 5.26 Å². The summed E-state index contributed by atoms with van der Waals surface area (Å²) in [6, 6.07) is 11.0. The van der Waals surface area contributed by atoms with E-state index in [1.54, 1.807) is 29.9 Å². The second-order valence-corrected chi connectivity index (χ2v) is 6.79. The number of hydrogen-bond donors (Lipinski definition) is 0. The molecule has 0 radical (unpaired) electrons. The van der Waals surface area contributed by atoms with Crippen LogP contribution in [0.4, 0.5) is 5.82 Å². The lowest BCUT2D eigenvalue weighted by atomic mass is 10.1. The van der Waals surface area contributed by atoms with Crippen LogP contribution in [-0.4, -0.2) is 28.3 Å². The molecule has 0 spiro atoms. The van der Waals surface area contributed by atoms with Crippen LogP contribution in [0.15, 0.2) is 30.3 Å². The Balaban J connectivity index is 2.34. The molecule has 2 aromatic rings. The van der Waals surface area contributed by atoms with Gasteiger partial charge >= 0.3 is 5.97 Å². The molecule has 0 saturated heterocycles. The van der Waals surface area contributed by atoms with Crippen LogP contribution >= 0.6 is 0 Å². The van der Waals surface area contributed by atoms with Gasteiger partial charge in [0.15, 0.2) is 6.61 Å². The quantitative estimate of drug-likeness (QED) is 0.701. The third-order valence-electron chi connectivity index (χ3n) is 3.90. The number of hydrogen-bond acceptors (Lipinski definition) is 5. The molecule has 142 valence electrons. The van der Waals surface area contributed by atoms with Gasteiger partial charge in [-0.1, -0.05) is 26.0 Å². The van der Waals surface area contributed by atoms with Gasteiger partial charge in [-0.15, -0.1) is 0 Å². The topological polar surface area (TPSA) is 88.2 Å². The van der Waals surface area contributed by atoms with Crippen LogP contribution in [0.25, 0.3) is 0 Å². The van der Waals surface area contributed by atoms with Crippen LogP contribution < -0.4 is 4.90 Å². The van der Waals surface area contributed by atoms with E-state index in [1.165, 1.54) is 11.8 Å². The van der Waals surface area contributed by atoms with E-state index in [9.17, 15) is 9.59 Å². The number of ether oxygens (including phenoxy) is 1. The average molecular weight is 368 g/mol. The van der Waals surface area contributed by atoms with Crippen molar-refractivity contribution in [3.8, 4) is 6.07 Å². The standard InChI is InChI=1S/C20H24N4O3/c1-14(2)8-18-10-19(23(4)22-18)24(20(26)13-27-15(3)25)12-17-7-5-6-16(9-17)11-21/h5-7,9-10,14H,8,12-13H2,1-4H3. The second-order valence-electron chi connectivity index (χ2n) is 6.79. The molecule has 27 heavy (non-hydrogen) atoms. The van der Waals surface area contributed by atoms with Gasteiger partial charge in [-0.3, -0.25) is 19.2 Å². The molecule has 1 heterocycles. The Morgan fingerprint density at radius 1 is 1.33 bits per heavy atom. The number of carbonyl (C=O) groups is 2. The van der Waals surface area contributed by atoms with E-state index in [0.29, 0.717) is 17.3 Å². The minimum absolute atomic E-state index is 0.246. The van der Waals surface area contributed by atoms with Crippen LogP contribution in [0.3, 0.4) is 0 Å². The Morgan fingerprint density at radius 2 is 2.07 bits per heavy atom. The first-order valence-corrected chi connectivity index (χ1v) is 8.75. The molecule has 0 unspecified atom stereocenters. The minimum Gasteiger partial charge on any atom is -0.456 e. The highest BCUT2D eigenvalue weighted by molar-refractivity contribution is 5.94. The number of aryl methyl sites for hydroxylation is 1. The second kappa shape index (κ2) is 8.99. The smallest absolute Gasteiger partial charge is 0.303 e. The molecule has 2 rings (SSSR count). The maximum atomic E-state index is 12.7. The van der Waals surface area contributed by atoms with Crippen LogP contribution in [0, 0.1) is 17.2 Å². The molecule has 7 heteroatoms. The SMILES string of the molecule is CC(=O)OCC(=O)N(Cc1cccc(C#N)c1)c1cc(CC(C)C)nn1C. The Kier molecular flexibility index (Phi) is 6.72. The summed E-state index contributed by atoms with van der Waals surface area (Å²) in [6.45, 7) is 5.36. The highest BCUT2D eigenvalue weighted by Gasteiger charge is 2.22. The normalized spacial score (nSPS) is 10.5. The van der Waals surface area contributed by atoms with Crippen LogP contribution in [0.5, 0.6) is 0 Å². The molecular weight excluding hydrogens is 344 g/mol. The van der Waals surface area contributed by atoms with Gasteiger partial charge in [0, 0.05) is 20.0 Å². The van der Waals surface area contributed by atoms with Crippen molar-refractivity contribution in [2.45, 2.75) is 33.7 Å². The lowest BCUT2D eigenvalue weighted by Crippen LogP contribution is -2.35. The highest BCUT2D eigenvalue weighted by atomic mass is 16.5. The van der Waals surface area contributed by atoms with E-state index in [1.807, 2.05) is 12.1 Å². The summed E-state index contributed by atoms with van der Waals surface area (Å²) in [5.41, 5.74) is 2.21. The summed E-state index contributed by atoms with van der Waals surface area (Å²) in [5, 5.41) is 13.6. The molecule has 0 aliphatic carbocycles. The molecule has 0 saturated carbocycles. The molecule has 0 aliphatic rings. The average Bonchev–Trinajstić information content (AvgIpc) is 2.96. The Bertz CT molecular complexity index is 864. The minimum atomic E-state index is -0.514. The fourth-order valence-corrected chi connectivity index (χ4v) is 2.75. The van der Waals surface area contributed by atoms with E-state index in [4.69, 9.17) is 10.00 Å². The highest BCUT2D eigenvalue weighted by Crippen LogP contribution is 2.21. The van der Waals surface area contributed by atoms with Gasteiger partial charge in [0.2, 0.25) is 0 Å². The molecule has 1 aromatic heterocycles. The van der Waals surface area contributed by atoms with E-state index in [-0.39, 0.29) is 19.1 Å². The number of amides is 1. The first kappa shape index (κ1) is 20.2. The van der Waals surface area contributed by atoms with Crippen LogP contribution in [0.2, 0.25) is 0 Å². The summed E-state index contributed by atoms with van der Waals surface area (Å²) in [6.07, 6.45) is 0.795. The largest absolute Gasteiger partial charge is 0.456 e. The number of nitrogens with zero attached hydrogens (tertiary/aromatic N) is 4. The fourth-order valence-electron chi connectivity index (χ4n) is 2.75. The Morgan fingerprint density at radius 3 is 2.70 bits per heavy atom. The fraction of sp³-hybridized carbons (Fsp3) is 0.400. The third kappa shape index (κ3) is 5.68. The number of benzene rings is 1. The number of anilines is 1. The zero-order chi connectivity index (χ0) is 20.0. The Labute approximate surface area is 159 Å². The summed E-state index contributed by atoms with van der Waals surface area (Å²) < 4.78 is 6.54.